The Kier molecular flexibility index (Phi) is 2.98. The zero-order valence-corrected chi connectivity index (χ0v) is 7.31. The zero-order chi connectivity index (χ0) is 11.6. The molecule has 0 atom stereocenters. The largest absolute Gasteiger partial charge is 0.573 e. The van der Waals surface area contributed by atoms with Gasteiger partial charge in [0.1, 0.15) is 5.69 Å². The van der Waals surface area contributed by atoms with Crippen LogP contribution in [0.5, 0.6) is 5.75 Å². The number of hydrogen-bond donors (Lipinski definition) is 2. The molecule has 0 aliphatic rings. The zero-order valence-electron chi connectivity index (χ0n) is 7.31. The van der Waals surface area contributed by atoms with Crippen LogP contribution in [-0.2, 0) is 6.54 Å². The number of nitrogens with two attached hydrogens (primary N) is 2. The molecule has 1 heterocycles. The van der Waals surface area contributed by atoms with Crippen LogP contribution in [0.2, 0.25) is 0 Å². The molecule has 0 aliphatic heterocycles. The Balaban J connectivity index is 3.15. The topological polar surface area (TPSA) is 74.2 Å². The van der Waals surface area contributed by atoms with E-state index in [4.69, 9.17) is 11.5 Å². The molecule has 0 saturated carbocycles. The fourth-order valence-electron chi connectivity index (χ4n) is 0.905. The molecule has 15 heavy (non-hydrogen) atoms. The van der Waals surface area contributed by atoms with E-state index in [0.717, 1.165) is 0 Å². The van der Waals surface area contributed by atoms with E-state index in [1.807, 2.05) is 0 Å². The van der Waals surface area contributed by atoms with Gasteiger partial charge in [-0.15, -0.1) is 13.2 Å². The van der Waals surface area contributed by atoms with E-state index in [1.165, 1.54) is 0 Å². The molecule has 1 aromatic heterocycles. The Morgan fingerprint density at radius 1 is 1.40 bits per heavy atom. The number of anilines is 1. The lowest BCUT2D eigenvalue weighted by atomic mass is 10.2. The van der Waals surface area contributed by atoms with Crippen LogP contribution in [0.4, 0.5) is 23.2 Å². The van der Waals surface area contributed by atoms with Crippen LogP contribution in [0.15, 0.2) is 6.20 Å². The lowest BCUT2D eigenvalue weighted by Gasteiger charge is -2.13. The van der Waals surface area contributed by atoms with E-state index in [0.29, 0.717) is 6.20 Å². The van der Waals surface area contributed by atoms with Gasteiger partial charge in [-0.25, -0.2) is 4.39 Å². The van der Waals surface area contributed by atoms with Crippen LogP contribution in [0, 0.1) is 5.82 Å². The van der Waals surface area contributed by atoms with E-state index < -0.39 is 23.6 Å². The molecule has 0 bridgehead atoms. The van der Waals surface area contributed by atoms with Gasteiger partial charge in [0.2, 0.25) is 0 Å². The minimum absolute atomic E-state index is 0.0596. The van der Waals surface area contributed by atoms with Gasteiger partial charge in [-0.3, -0.25) is 4.98 Å². The van der Waals surface area contributed by atoms with Gasteiger partial charge in [-0.2, -0.15) is 0 Å². The highest BCUT2D eigenvalue weighted by Gasteiger charge is 2.34. The molecule has 0 aromatic carbocycles. The van der Waals surface area contributed by atoms with Crippen molar-refractivity contribution in [3.05, 3.63) is 17.7 Å². The number of ether oxygens (including phenoxy) is 1. The van der Waals surface area contributed by atoms with Gasteiger partial charge in [0.25, 0.3) is 0 Å². The second-order valence-electron chi connectivity index (χ2n) is 2.55. The maximum Gasteiger partial charge on any atom is 0.573 e. The summed E-state index contributed by atoms with van der Waals surface area (Å²) in [6, 6.07) is 0. The summed E-state index contributed by atoms with van der Waals surface area (Å²) >= 11 is 0. The second kappa shape index (κ2) is 3.89. The Hall–Kier alpha value is -1.57. The van der Waals surface area contributed by atoms with Crippen molar-refractivity contribution in [2.45, 2.75) is 12.9 Å². The first-order valence-corrected chi connectivity index (χ1v) is 3.74. The summed E-state index contributed by atoms with van der Waals surface area (Å²) in [5.74, 6) is -2.39. The van der Waals surface area contributed by atoms with Crippen molar-refractivity contribution in [2.75, 3.05) is 5.73 Å². The van der Waals surface area contributed by atoms with Crippen molar-refractivity contribution in [3.8, 4) is 5.75 Å². The summed E-state index contributed by atoms with van der Waals surface area (Å²) in [5.41, 5.74) is 9.72. The number of halogens is 4. The molecular weight excluding hydrogens is 218 g/mol. The molecule has 1 aromatic rings. The van der Waals surface area contributed by atoms with Gasteiger partial charge in [-0.1, -0.05) is 0 Å². The van der Waals surface area contributed by atoms with Crippen molar-refractivity contribution in [1.29, 1.82) is 0 Å². The van der Waals surface area contributed by atoms with Gasteiger partial charge in [0.05, 0.1) is 11.9 Å². The van der Waals surface area contributed by atoms with Crippen molar-refractivity contribution in [2.24, 2.45) is 5.73 Å². The lowest BCUT2D eigenvalue weighted by molar-refractivity contribution is -0.275. The van der Waals surface area contributed by atoms with Crippen LogP contribution < -0.4 is 16.2 Å². The minimum Gasteiger partial charge on any atom is -0.400 e. The van der Waals surface area contributed by atoms with Crippen LogP contribution in [-0.4, -0.2) is 11.3 Å². The second-order valence-corrected chi connectivity index (χ2v) is 2.55. The standard InChI is InChI=1S/C7H7F4N3O/c8-3-2-14-4(1-12)5(13)6(3)15-7(9,10)11/h2H,1,12-13H2. The molecule has 0 radical (unpaired) electrons. The molecule has 1 rings (SSSR count). The average Bonchev–Trinajstić information content (AvgIpc) is 2.11. The third kappa shape index (κ3) is 2.69. The molecule has 0 saturated heterocycles. The predicted molar refractivity (Wildman–Crippen MR) is 43.2 cm³/mol. The van der Waals surface area contributed by atoms with Crippen LogP contribution in [0.3, 0.4) is 0 Å². The summed E-state index contributed by atoms with van der Waals surface area (Å²) in [6.07, 6.45) is -4.44. The number of hydrogen-bond acceptors (Lipinski definition) is 4. The van der Waals surface area contributed by atoms with Crippen molar-refractivity contribution < 1.29 is 22.3 Å². The quantitative estimate of drug-likeness (QED) is 0.740. The Labute approximate surface area is 81.8 Å². The number of aromatic nitrogens is 1. The maximum atomic E-state index is 12.9. The molecule has 4 nitrogen and oxygen atoms in total. The average molecular weight is 225 g/mol. The van der Waals surface area contributed by atoms with Gasteiger partial charge in [0.15, 0.2) is 11.6 Å². The fourth-order valence-corrected chi connectivity index (χ4v) is 0.905. The Morgan fingerprint density at radius 3 is 2.47 bits per heavy atom. The van der Waals surface area contributed by atoms with Crippen LogP contribution in [0.1, 0.15) is 5.69 Å². The number of pyridine rings is 1. The van der Waals surface area contributed by atoms with Gasteiger partial charge in [-0.05, 0) is 0 Å². The molecule has 4 N–H and O–H groups in total. The Morgan fingerprint density at radius 2 is 2.00 bits per heavy atom. The maximum absolute atomic E-state index is 12.9. The molecule has 84 valence electrons. The molecular formula is C7H7F4N3O. The molecule has 0 unspecified atom stereocenters. The molecule has 0 spiro atoms. The van der Waals surface area contributed by atoms with Crippen molar-refractivity contribution in [1.82, 2.24) is 4.98 Å². The van der Waals surface area contributed by atoms with Crippen molar-refractivity contribution in [3.63, 3.8) is 0 Å². The summed E-state index contributed by atoms with van der Waals surface area (Å²) < 4.78 is 51.8. The van der Waals surface area contributed by atoms with E-state index >= 15 is 0 Å². The summed E-state index contributed by atoms with van der Waals surface area (Å²) in [5, 5.41) is 0. The smallest absolute Gasteiger partial charge is 0.400 e. The lowest BCUT2D eigenvalue weighted by Crippen LogP contribution is -2.20. The third-order valence-corrected chi connectivity index (χ3v) is 1.52. The van der Waals surface area contributed by atoms with Crippen LogP contribution in [0.25, 0.3) is 0 Å². The number of alkyl halides is 3. The van der Waals surface area contributed by atoms with Gasteiger partial charge < -0.3 is 16.2 Å². The first-order valence-electron chi connectivity index (χ1n) is 3.74. The minimum atomic E-state index is -5.01. The number of nitrogens with zero attached hydrogens (tertiary/aromatic N) is 1. The number of rotatable bonds is 2. The highest BCUT2D eigenvalue weighted by Crippen LogP contribution is 2.32. The van der Waals surface area contributed by atoms with E-state index in [-0.39, 0.29) is 12.2 Å². The molecule has 0 fully saturated rings. The van der Waals surface area contributed by atoms with E-state index in [1.54, 1.807) is 0 Å². The monoisotopic (exact) mass is 225 g/mol. The molecule has 0 amide bonds. The summed E-state index contributed by atoms with van der Waals surface area (Å²) in [7, 11) is 0. The predicted octanol–water partition coefficient (Wildman–Crippen LogP) is 1.16. The first kappa shape index (κ1) is 11.5. The van der Waals surface area contributed by atoms with Crippen molar-refractivity contribution >= 4 is 5.69 Å². The summed E-state index contributed by atoms with van der Waals surface area (Å²) in [6.45, 7) is -0.208. The molecule has 8 heteroatoms. The van der Waals surface area contributed by atoms with Gasteiger partial charge in [0, 0.05) is 6.54 Å². The fraction of sp³-hybridized carbons (Fsp3) is 0.286. The molecule has 0 aliphatic carbocycles. The highest BCUT2D eigenvalue weighted by atomic mass is 19.4. The highest BCUT2D eigenvalue weighted by molar-refractivity contribution is 5.56. The van der Waals surface area contributed by atoms with E-state index in [2.05, 4.69) is 9.72 Å². The first-order chi connectivity index (χ1) is 6.85. The number of nitrogen functional groups attached to an aromatic ring is 1. The third-order valence-electron chi connectivity index (χ3n) is 1.52. The normalized spacial score (nSPS) is 11.5. The van der Waals surface area contributed by atoms with Gasteiger partial charge >= 0.3 is 6.36 Å². The Bertz CT molecular complexity index is 366. The van der Waals surface area contributed by atoms with E-state index in [9.17, 15) is 17.6 Å². The van der Waals surface area contributed by atoms with Crippen LogP contribution >= 0.6 is 0 Å². The SMILES string of the molecule is NCc1ncc(F)c(OC(F)(F)F)c1N. The summed E-state index contributed by atoms with van der Waals surface area (Å²) in [4.78, 5) is 3.41.